The Balaban J connectivity index is 1.78. The molecule has 3 N–H and O–H groups in total. The summed E-state index contributed by atoms with van der Waals surface area (Å²) in [5.41, 5.74) is 9.93. The van der Waals surface area contributed by atoms with Crippen molar-refractivity contribution < 1.29 is 0 Å². The first-order valence-corrected chi connectivity index (χ1v) is 6.45. The fraction of sp³-hybridized carbons (Fsp3) is 0. The third kappa shape index (κ3) is 2.78. The van der Waals surface area contributed by atoms with Crippen LogP contribution in [0.15, 0.2) is 72.9 Å². The van der Waals surface area contributed by atoms with Gasteiger partial charge < -0.3 is 11.1 Å². The molecule has 3 heteroatoms. The van der Waals surface area contributed by atoms with Crippen molar-refractivity contribution in [3.63, 3.8) is 0 Å². The minimum Gasteiger partial charge on any atom is -0.384 e. The van der Waals surface area contributed by atoms with Gasteiger partial charge in [-0.3, -0.25) is 0 Å². The number of anilines is 3. The van der Waals surface area contributed by atoms with E-state index in [1.807, 2.05) is 24.3 Å². The van der Waals surface area contributed by atoms with E-state index >= 15 is 0 Å². The van der Waals surface area contributed by atoms with Crippen LogP contribution in [0.3, 0.4) is 0 Å². The highest BCUT2D eigenvalue weighted by molar-refractivity contribution is 5.68. The van der Waals surface area contributed by atoms with Crippen LogP contribution in [0.4, 0.5) is 17.2 Å². The zero-order valence-corrected chi connectivity index (χ0v) is 11.0. The van der Waals surface area contributed by atoms with Gasteiger partial charge in [0.15, 0.2) is 0 Å². The van der Waals surface area contributed by atoms with Gasteiger partial charge in [0, 0.05) is 5.69 Å². The molecule has 0 aliphatic heterocycles. The zero-order valence-electron chi connectivity index (χ0n) is 11.0. The van der Waals surface area contributed by atoms with Crippen LogP contribution in [0.1, 0.15) is 0 Å². The van der Waals surface area contributed by atoms with E-state index in [9.17, 15) is 0 Å². The van der Waals surface area contributed by atoms with Crippen LogP contribution >= 0.6 is 0 Å². The molecular weight excluding hydrogens is 246 g/mol. The summed E-state index contributed by atoms with van der Waals surface area (Å²) in [6.45, 7) is 0. The number of pyridine rings is 1. The van der Waals surface area contributed by atoms with Crippen molar-refractivity contribution in [1.82, 2.24) is 4.98 Å². The van der Waals surface area contributed by atoms with Crippen LogP contribution in [-0.2, 0) is 0 Å². The molecule has 2 aromatic carbocycles. The van der Waals surface area contributed by atoms with E-state index in [-0.39, 0.29) is 0 Å². The first kappa shape index (κ1) is 12.2. The van der Waals surface area contributed by atoms with Crippen LogP contribution in [0, 0.1) is 0 Å². The molecule has 0 spiro atoms. The standard InChI is InChI=1S/C17H15N3/c18-17-11-10-16(12-19-17)20-15-8-6-14(7-9-15)13-4-2-1-3-5-13/h1-12,20H,(H2,18,19). The zero-order chi connectivity index (χ0) is 13.8. The van der Waals surface area contributed by atoms with Crippen molar-refractivity contribution in [2.24, 2.45) is 0 Å². The number of hydrogen-bond acceptors (Lipinski definition) is 3. The number of nitrogens with two attached hydrogens (primary N) is 1. The number of benzene rings is 2. The average molecular weight is 261 g/mol. The quantitative estimate of drug-likeness (QED) is 0.747. The Morgan fingerprint density at radius 2 is 1.35 bits per heavy atom. The second-order valence-corrected chi connectivity index (χ2v) is 4.54. The number of rotatable bonds is 3. The number of nitrogens with one attached hydrogen (secondary N) is 1. The molecule has 0 amide bonds. The molecule has 3 aromatic rings. The van der Waals surface area contributed by atoms with Crippen molar-refractivity contribution in [2.75, 3.05) is 11.1 Å². The largest absolute Gasteiger partial charge is 0.384 e. The SMILES string of the molecule is Nc1ccc(Nc2ccc(-c3ccccc3)cc2)cn1. The van der Waals surface area contributed by atoms with Gasteiger partial charge in [-0.2, -0.15) is 0 Å². The third-order valence-electron chi connectivity index (χ3n) is 3.07. The molecule has 0 atom stereocenters. The van der Waals surface area contributed by atoms with E-state index in [1.165, 1.54) is 11.1 Å². The molecule has 1 aromatic heterocycles. The van der Waals surface area contributed by atoms with Crippen LogP contribution in [0.25, 0.3) is 11.1 Å². The monoisotopic (exact) mass is 261 g/mol. The van der Waals surface area contributed by atoms with Crippen molar-refractivity contribution >= 4 is 17.2 Å². The molecule has 0 aliphatic rings. The van der Waals surface area contributed by atoms with E-state index < -0.39 is 0 Å². The van der Waals surface area contributed by atoms with Gasteiger partial charge in [-0.15, -0.1) is 0 Å². The summed E-state index contributed by atoms with van der Waals surface area (Å²) >= 11 is 0. The number of aromatic nitrogens is 1. The lowest BCUT2D eigenvalue weighted by Crippen LogP contribution is -1.93. The smallest absolute Gasteiger partial charge is 0.123 e. The van der Waals surface area contributed by atoms with Crippen LogP contribution in [0.5, 0.6) is 0 Å². The number of nitrogen functional groups attached to an aromatic ring is 1. The number of hydrogen-bond donors (Lipinski definition) is 2. The lowest BCUT2D eigenvalue weighted by molar-refractivity contribution is 1.33. The molecule has 3 rings (SSSR count). The van der Waals surface area contributed by atoms with Crippen molar-refractivity contribution in [3.05, 3.63) is 72.9 Å². The predicted molar refractivity (Wildman–Crippen MR) is 83.8 cm³/mol. The molecule has 0 saturated carbocycles. The van der Waals surface area contributed by atoms with Crippen LogP contribution < -0.4 is 11.1 Å². The highest BCUT2D eigenvalue weighted by Crippen LogP contribution is 2.22. The summed E-state index contributed by atoms with van der Waals surface area (Å²) in [5, 5.41) is 3.29. The average Bonchev–Trinajstić information content (AvgIpc) is 2.51. The Bertz CT molecular complexity index is 674. The topological polar surface area (TPSA) is 50.9 Å². The van der Waals surface area contributed by atoms with Gasteiger partial charge in [-0.25, -0.2) is 4.98 Å². The summed E-state index contributed by atoms with van der Waals surface area (Å²) in [6.07, 6.45) is 1.72. The molecule has 0 unspecified atom stereocenters. The highest BCUT2D eigenvalue weighted by Gasteiger charge is 1.98. The second kappa shape index (κ2) is 5.45. The lowest BCUT2D eigenvalue weighted by atomic mass is 10.1. The summed E-state index contributed by atoms with van der Waals surface area (Å²) in [6, 6.07) is 22.3. The Kier molecular flexibility index (Phi) is 3.33. The maximum Gasteiger partial charge on any atom is 0.123 e. The van der Waals surface area contributed by atoms with E-state index in [1.54, 1.807) is 12.3 Å². The van der Waals surface area contributed by atoms with Gasteiger partial charge in [0.2, 0.25) is 0 Å². The Hall–Kier alpha value is -2.81. The highest BCUT2D eigenvalue weighted by atomic mass is 14.9. The molecule has 0 aliphatic carbocycles. The first-order valence-electron chi connectivity index (χ1n) is 6.45. The summed E-state index contributed by atoms with van der Waals surface area (Å²) in [5.74, 6) is 0.523. The van der Waals surface area contributed by atoms with Gasteiger partial charge in [-0.05, 0) is 35.4 Å². The summed E-state index contributed by atoms with van der Waals surface area (Å²) < 4.78 is 0. The van der Waals surface area contributed by atoms with Crippen LogP contribution in [-0.4, -0.2) is 4.98 Å². The van der Waals surface area contributed by atoms with Gasteiger partial charge in [0.25, 0.3) is 0 Å². The molecule has 0 fully saturated rings. The molecule has 1 heterocycles. The molecule has 98 valence electrons. The maximum atomic E-state index is 5.57. The molecule has 0 bridgehead atoms. The molecule has 20 heavy (non-hydrogen) atoms. The van der Waals surface area contributed by atoms with Crippen LogP contribution in [0.2, 0.25) is 0 Å². The van der Waals surface area contributed by atoms with Crippen molar-refractivity contribution in [3.8, 4) is 11.1 Å². The van der Waals surface area contributed by atoms with Gasteiger partial charge in [0.05, 0.1) is 11.9 Å². The molecule has 0 radical (unpaired) electrons. The molecular formula is C17H15N3. The lowest BCUT2D eigenvalue weighted by Gasteiger charge is -2.07. The normalized spacial score (nSPS) is 10.2. The fourth-order valence-electron chi connectivity index (χ4n) is 2.02. The predicted octanol–water partition coefficient (Wildman–Crippen LogP) is 4.07. The first-order chi connectivity index (χ1) is 9.81. The van der Waals surface area contributed by atoms with Crippen molar-refractivity contribution in [1.29, 1.82) is 0 Å². The minimum absolute atomic E-state index is 0.523. The second-order valence-electron chi connectivity index (χ2n) is 4.54. The van der Waals surface area contributed by atoms with E-state index in [4.69, 9.17) is 5.73 Å². The van der Waals surface area contributed by atoms with Gasteiger partial charge in [-0.1, -0.05) is 42.5 Å². The van der Waals surface area contributed by atoms with Gasteiger partial charge in [0.1, 0.15) is 5.82 Å². The third-order valence-corrected chi connectivity index (χ3v) is 3.07. The van der Waals surface area contributed by atoms with E-state index in [2.05, 4.69) is 46.7 Å². The number of nitrogens with zero attached hydrogens (tertiary/aromatic N) is 1. The Morgan fingerprint density at radius 1 is 0.700 bits per heavy atom. The van der Waals surface area contributed by atoms with Crippen molar-refractivity contribution in [2.45, 2.75) is 0 Å². The summed E-state index contributed by atoms with van der Waals surface area (Å²) in [7, 11) is 0. The Morgan fingerprint density at radius 3 is 2.00 bits per heavy atom. The molecule has 0 saturated heterocycles. The fourth-order valence-corrected chi connectivity index (χ4v) is 2.02. The van der Waals surface area contributed by atoms with E-state index in [0.717, 1.165) is 11.4 Å². The minimum atomic E-state index is 0.523. The Labute approximate surface area is 118 Å². The van der Waals surface area contributed by atoms with E-state index in [0.29, 0.717) is 5.82 Å². The van der Waals surface area contributed by atoms with Gasteiger partial charge >= 0.3 is 0 Å². The molecule has 3 nitrogen and oxygen atoms in total. The maximum absolute atomic E-state index is 5.57. The summed E-state index contributed by atoms with van der Waals surface area (Å²) in [4.78, 5) is 4.06.